The Morgan fingerprint density at radius 2 is 1.82 bits per heavy atom. The number of aromatic nitrogens is 1. The van der Waals surface area contributed by atoms with E-state index in [9.17, 15) is 18.0 Å². The molecule has 3 nitrogen and oxygen atoms in total. The molecular weight excluding hydrogens is 293 g/mol. The number of H-pyrrole nitrogens is 1. The van der Waals surface area contributed by atoms with Gasteiger partial charge in [-0.15, -0.1) is 0 Å². The van der Waals surface area contributed by atoms with Crippen LogP contribution in [0.25, 0.3) is 10.9 Å². The van der Waals surface area contributed by atoms with Gasteiger partial charge in [0, 0.05) is 10.9 Å². The first-order chi connectivity index (χ1) is 10.5. The lowest BCUT2D eigenvalue weighted by Crippen LogP contribution is -2.14. The second kappa shape index (κ2) is 5.22. The summed E-state index contributed by atoms with van der Waals surface area (Å²) in [7, 11) is 0. The lowest BCUT2D eigenvalue weighted by atomic mass is 10.2. The Balaban J connectivity index is 1.92. The number of benzene rings is 2. The zero-order chi connectivity index (χ0) is 15.9. The van der Waals surface area contributed by atoms with E-state index >= 15 is 0 Å². The first-order valence-electron chi connectivity index (χ1n) is 6.50. The molecule has 0 aliphatic carbocycles. The number of aromatic amines is 1. The molecule has 0 spiro atoms. The molecule has 2 aromatic carbocycles. The number of anilines is 1. The molecule has 22 heavy (non-hydrogen) atoms. The van der Waals surface area contributed by atoms with E-state index < -0.39 is 29.0 Å². The van der Waals surface area contributed by atoms with E-state index in [0.717, 1.165) is 28.6 Å². The van der Waals surface area contributed by atoms with Gasteiger partial charge in [-0.25, -0.2) is 13.2 Å². The van der Waals surface area contributed by atoms with Crippen LogP contribution in [0, 0.1) is 24.4 Å². The molecule has 112 valence electrons. The highest BCUT2D eigenvalue weighted by Gasteiger charge is 2.17. The molecule has 1 aromatic heterocycles. The summed E-state index contributed by atoms with van der Waals surface area (Å²) in [6, 6.07) is 8.92. The van der Waals surface area contributed by atoms with Crippen LogP contribution >= 0.6 is 0 Å². The average molecular weight is 304 g/mol. The summed E-state index contributed by atoms with van der Waals surface area (Å²) in [6.45, 7) is 1.92. The van der Waals surface area contributed by atoms with Gasteiger partial charge >= 0.3 is 0 Å². The SMILES string of the molecule is Cc1ccc2[nH]c(C(=O)Nc3ccc(F)c(F)c3F)cc2c1. The van der Waals surface area contributed by atoms with E-state index in [2.05, 4.69) is 10.3 Å². The van der Waals surface area contributed by atoms with Crippen molar-refractivity contribution in [1.29, 1.82) is 0 Å². The van der Waals surface area contributed by atoms with E-state index in [1.165, 1.54) is 0 Å². The summed E-state index contributed by atoms with van der Waals surface area (Å²) in [5.74, 6) is -5.00. The molecule has 0 radical (unpaired) electrons. The Hall–Kier alpha value is -2.76. The van der Waals surface area contributed by atoms with E-state index in [1.54, 1.807) is 6.07 Å². The summed E-state index contributed by atoms with van der Waals surface area (Å²) in [6.07, 6.45) is 0. The molecule has 0 bridgehead atoms. The molecule has 0 aliphatic rings. The normalized spacial score (nSPS) is 10.9. The third kappa shape index (κ3) is 2.43. The number of fused-ring (bicyclic) bond motifs is 1. The van der Waals surface area contributed by atoms with E-state index in [-0.39, 0.29) is 5.69 Å². The standard InChI is InChI=1S/C16H11F3N2O/c1-8-2-4-11-9(6-8)7-13(20-11)16(22)21-12-5-3-10(17)14(18)15(12)19/h2-7,20H,1H3,(H,21,22). The Bertz CT molecular complexity index is 886. The molecule has 1 heterocycles. The Morgan fingerprint density at radius 3 is 2.59 bits per heavy atom. The molecule has 1 amide bonds. The Morgan fingerprint density at radius 1 is 1.05 bits per heavy atom. The number of halogens is 3. The topological polar surface area (TPSA) is 44.9 Å². The lowest BCUT2D eigenvalue weighted by molar-refractivity contribution is 0.102. The molecule has 6 heteroatoms. The number of rotatable bonds is 2. The highest BCUT2D eigenvalue weighted by atomic mass is 19.2. The highest BCUT2D eigenvalue weighted by Crippen LogP contribution is 2.21. The maximum Gasteiger partial charge on any atom is 0.272 e. The number of nitrogens with one attached hydrogen (secondary N) is 2. The van der Waals surface area contributed by atoms with Gasteiger partial charge in [-0.2, -0.15) is 0 Å². The van der Waals surface area contributed by atoms with Crippen LogP contribution < -0.4 is 5.32 Å². The van der Waals surface area contributed by atoms with Gasteiger partial charge < -0.3 is 10.3 Å². The first kappa shape index (κ1) is 14.2. The highest BCUT2D eigenvalue weighted by molar-refractivity contribution is 6.06. The van der Waals surface area contributed by atoms with Crippen LogP contribution in [0.4, 0.5) is 18.9 Å². The van der Waals surface area contributed by atoms with E-state index in [1.807, 2.05) is 25.1 Å². The van der Waals surface area contributed by atoms with Gasteiger partial charge in [0.15, 0.2) is 17.5 Å². The molecule has 0 saturated carbocycles. The molecule has 2 N–H and O–H groups in total. The van der Waals surface area contributed by atoms with Crippen molar-refractivity contribution >= 4 is 22.5 Å². The molecule has 0 atom stereocenters. The fourth-order valence-electron chi connectivity index (χ4n) is 2.19. The van der Waals surface area contributed by atoms with Gasteiger partial charge in [0.25, 0.3) is 5.91 Å². The average Bonchev–Trinajstić information content (AvgIpc) is 2.91. The van der Waals surface area contributed by atoms with Crippen LogP contribution in [0.15, 0.2) is 36.4 Å². The van der Waals surface area contributed by atoms with Crippen molar-refractivity contribution in [2.24, 2.45) is 0 Å². The van der Waals surface area contributed by atoms with Crippen molar-refractivity contribution < 1.29 is 18.0 Å². The number of aryl methyl sites for hydroxylation is 1. The zero-order valence-corrected chi connectivity index (χ0v) is 11.5. The zero-order valence-electron chi connectivity index (χ0n) is 11.5. The molecule has 0 unspecified atom stereocenters. The summed E-state index contributed by atoms with van der Waals surface area (Å²) in [5.41, 5.74) is 1.56. The number of hydrogen-bond acceptors (Lipinski definition) is 1. The van der Waals surface area contributed by atoms with Gasteiger partial charge in [-0.3, -0.25) is 4.79 Å². The molecule has 0 saturated heterocycles. The first-order valence-corrected chi connectivity index (χ1v) is 6.50. The van der Waals surface area contributed by atoms with Crippen molar-refractivity contribution in [2.75, 3.05) is 5.32 Å². The van der Waals surface area contributed by atoms with Crippen LogP contribution in [0.2, 0.25) is 0 Å². The lowest BCUT2D eigenvalue weighted by Gasteiger charge is -2.06. The Labute approximate surface area is 123 Å². The number of amides is 1. The molecule has 0 aliphatic heterocycles. The van der Waals surface area contributed by atoms with Gasteiger partial charge in [0.2, 0.25) is 0 Å². The number of carbonyl (C=O) groups excluding carboxylic acids is 1. The number of carbonyl (C=O) groups is 1. The van der Waals surface area contributed by atoms with E-state index in [4.69, 9.17) is 0 Å². The van der Waals surface area contributed by atoms with Crippen LogP contribution in [0.3, 0.4) is 0 Å². The molecule has 3 aromatic rings. The van der Waals surface area contributed by atoms with Gasteiger partial charge in [-0.1, -0.05) is 11.6 Å². The van der Waals surface area contributed by atoms with Crippen molar-refractivity contribution in [3.63, 3.8) is 0 Å². The van der Waals surface area contributed by atoms with Crippen molar-refractivity contribution in [2.45, 2.75) is 6.92 Å². The number of hydrogen-bond donors (Lipinski definition) is 2. The van der Waals surface area contributed by atoms with Crippen molar-refractivity contribution in [3.8, 4) is 0 Å². The minimum Gasteiger partial charge on any atom is -0.351 e. The molecule has 3 rings (SSSR count). The van der Waals surface area contributed by atoms with Crippen LogP contribution in [-0.2, 0) is 0 Å². The van der Waals surface area contributed by atoms with E-state index in [0.29, 0.717) is 0 Å². The fourth-order valence-corrected chi connectivity index (χ4v) is 2.19. The van der Waals surface area contributed by atoms with Crippen LogP contribution in [-0.4, -0.2) is 10.9 Å². The largest absolute Gasteiger partial charge is 0.351 e. The second-order valence-electron chi connectivity index (χ2n) is 4.95. The quantitative estimate of drug-likeness (QED) is 0.686. The monoisotopic (exact) mass is 304 g/mol. The second-order valence-corrected chi connectivity index (χ2v) is 4.95. The summed E-state index contributed by atoms with van der Waals surface area (Å²) in [4.78, 5) is 15.0. The van der Waals surface area contributed by atoms with Crippen molar-refractivity contribution in [1.82, 2.24) is 4.98 Å². The summed E-state index contributed by atoms with van der Waals surface area (Å²) >= 11 is 0. The molecule has 0 fully saturated rings. The summed E-state index contributed by atoms with van der Waals surface area (Å²) in [5, 5.41) is 3.05. The third-order valence-corrected chi connectivity index (χ3v) is 3.30. The van der Waals surface area contributed by atoms with Gasteiger partial charge in [0.1, 0.15) is 5.69 Å². The summed E-state index contributed by atoms with van der Waals surface area (Å²) < 4.78 is 39.6. The smallest absolute Gasteiger partial charge is 0.272 e. The fraction of sp³-hybridized carbons (Fsp3) is 0.0625. The van der Waals surface area contributed by atoms with Gasteiger partial charge in [-0.05, 0) is 37.3 Å². The van der Waals surface area contributed by atoms with Crippen molar-refractivity contribution in [3.05, 3.63) is 65.1 Å². The minimum absolute atomic E-state index is 0.199. The predicted octanol–water partition coefficient (Wildman–Crippen LogP) is 4.15. The molecular formula is C16H11F3N2O. The maximum atomic E-state index is 13.6. The predicted molar refractivity (Wildman–Crippen MR) is 77.3 cm³/mol. The maximum absolute atomic E-state index is 13.6. The van der Waals surface area contributed by atoms with Crippen LogP contribution in [0.5, 0.6) is 0 Å². The third-order valence-electron chi connectivity index (χ3n) is 3.30. The minimum atomic E-state index is -1.62. The van der Waals surface area contributed by atoms with Gasteiger partial charge in [0.05, 0.1) is 5.69 Å². The Kier molecular flexibility index (Phi) is 3.36. The van der Waals surface area contributed by atoms with Crippen LogP contribution in [0.1, 0.15) is 16.1 Å².